The first-order valence-corrected chi connectivity index (χ1v) is 4.21. The monoisotopic (exact) mass is 187 g/mol. The molecule has 0 aromatic heterocycles. The molecule has 1 atom stereocenters. The standard InChI is InChI=1S/C8H13NO4/c1-12-5-7(10)13-8(11)6-3-2-4-9-6/h6,9H,2-5H2,1H3/t6-/m0/s1. The number of esters is 2. The molecule has 1 aliphatic heterocycles. The lowest BCUT2D eigenvalue weighted by atomic mass is 10.2. The van der Waals surface area contributed by atoms with Crippen LogP contribution in [0.3, 0.4) is 0 Å². The van der Waals surface area contributed by atoms with Gasteiger partial charge in [0, 0.05) is 7.11 Å². The molecule has 0 spiro atoms. The van der Waals surface area contributed by atoms with E-state index in [0.717, 1.165) is 19.4 Å². The molecule has 0 amide bonds. The Balaban J connectivity index is 2.27. The second kappa shape index (κ2) is 4.94. The molecular formula is C8H13NO4. The molecule has 0 saturated carbocycles. The molecule has 1 rings (SSSR count). The summed E-state index contributed by atoms with van der Waals surface area (Å²) in [7, 11) is 1.37. The highest BCUT2D eigenvalue weighted by Crippen LogP contribution is 2.06. The fourth-order valence-electron chi connectivity index (χ4n) is 1.22. The first-order chi connectivity index (χ1) is 6.24. The fourth-order valence-corrected chi connectivity index (χ4v) is 1.22. The highest BCUT2D eigenvalue weighted by atomic mass is 16.6. The predicted molar refractivity (Wildman–Crippen MR) is 44.0 cm³/mol. The van der Waals surface area contributed by atoms with Gasteiger partial charge in [-0.25, -0.2) is 9.59 Å². The minimum Gasteiger partial charge on any atom is -0.390 e. The summed E-state index contributed by atoms with van der Waals surface area (Å²) < 4.78 is 9.03. The lowest BCUT2D eigenvalue weighted by molar-refractivity contribution is -0.163. The maximum atomic E-state index is 11.2. The number of hydrogen-bond donors (Lipinski definition) is 1. The number of carbonyl (C=O) groups is 2. The number of carbonyl (C=O) groups excluding carboxylic acids is 2. The summed E-state index contributed by atoms with van der Waals surface area (Å²) in [5, 5.41) is 2.94. The topological polar surface area (TPSA) is 64.6 Å². The van der Waals surface area contributed by atoms with Gasteiger partial charge < -0.3 is 14.8 Å². The lowest BCUT2D eigenvalue weighted by Gasteiger charge is -2.07. The van der Waals surface area contributed by atoms with Crippen molar-refractivity contribution in [2.24, 2.45) is 0 Å². The normalized spacial score (nSPS) is 21.5. The molecular weight excluding hydrogens is 174 g/mol. The SMILES string of the molecule is COCC(=O)OC(=O)[C@@H]1CCCN1. The number of rotatable bonds is 3. The second-order valence-corrected chi connectivity index (χ2v) is 2.88. The molecule has 1 heterocycles. The molecule has 0 unspecified atom stereocenters. The molecule has 74 valence electrons. The summed E-state index contributed by atoms with van der Waals surface area (Å²) in [5.41, 5.74) is 0. The summed E-state index contributed by atoms with van der Waals surface area (Å²) in [4.78, 5) is 22.0. The van der Waals surface area contributed by atoms with Crippen LogP contribution in [-0.4, -0.2) is 38.2 Å². The number of hydrogen-bond acceptors (Lipinski definition) is 5. The van der Waals surface area contributed by atoms with Gasteiger partial charge in [0.25, 0.3) is 0 Å². The minimum atomic E-state index is -0.638. The number of methoxy groups -OCH3 is 1. The van der Waals surface area contributed by atoms with Crippen molar-refractivity contribution in [1.82, 2.24) is 5.32 Å². The number of nitrogens with one attached hydrogen (secondary N) is 1. The largest absolute Gasteiger partial charge is 0.390 e. The third-order valence-electron chi connectivity index (χ3n) is 1.82. The minimum absolute atomic E-state index is 0.182. The molecule has 1 saturated heterocycles. The van der Waals surface area contributed by atoms with E-state index in [-0.39, 0.29) is 12.6 Å². The van der Waals surface area contributed by atoms with Crippen LogP contribution >= 0.6 is 0 Å². The average molecular weight is 187 g/mol. The molecule has 1 aliphatic rings. The van der Waals surface area contributed by atoms with Crippen molar-refractivity contribution in [3.05, 3.63) is 0 Å². The van der Waals surface area contributed by atoms with Gasteiger partial charge in [0.15, 0.2) is 0 Å². The van der Waals surface area contributed by atoms with Gasteiger partial charge in [0.2, 0.25) is 0 Å². The van der Waals surface area contributed by atoms with Gasteiger partial charge in [-0.3, -0.25) is 0 Å². The van der Waals surface area contributed by atoms with Gasteiger partial charge in [-0.2, -0.15) is 0 Å². The Labute approximate surface area is 76.4 Å². The molecule has 1 fully saturated rings. The van der Waals surface area contributed by atoms with Crippen LogP contribution in [0.15, 0.2) is 0 Å². The summed E-state index contributed by atoms with van der Waals surface area (Å²) in [6, 6.07) is -0.319. The van der Waals surface area contributed by atoms with Gasteiger partial charge in [-0.15, -0.1) is 0 Å². The van der Waals surface area contributed by atoms with E-state index in [4.69, 9.17) is 0 Å². The summed E-state index contributed by atoms with van der Waals surface area (Å²) in [6.07, 6.45) is 1.68. The second-order valence-electron chi connectivity index (χ2n) is 2.88. The number of ether oxygens (including phenoxy) is 2. The lowest BCUT2D eigenvalue weighted by Crippen LogP contribution is -2.34. The molecule has 5 heteroatoms. The average Bonchev–Trinajstić information content (AvgIpc) is 2.55. The molecule has 0 aliphatic carbocycles. The van der Waals surface area contributed by atoms with Crippen LogP contribution in [0, 0.1) is 0 Å². The Morgan fingerprint density at radius 1 is 1.54 bits per heavy atom. The van der Waals surface area contributed by atoms with Crippen LogP contribution < -0.4 is 5.32 Å². The van der Waals surface area contributed by atoms with E-state index in [9.17, 15) is 9.59 Å². The van der Waals surface area contributed by atoms with Crippen molar-refractivity contribution in [3.8, 4) is 0 Å². The highest BCUT2D eigenvalue weighted by Gasteiger charge is 2.25. The van der Waals surface area contributed by atoms with Crippen LogP contribution in [0.25, 0.3) is 0 Å². The van der Waals surface area contributed by atoms with Crippen molar-refractivity contribution in [2.45, 2.75) is 18.9 Å². The first kappa shape index (κ1) is 10.1. The third kappa shape index (κ3) is 3.12. The van der Waals surface area contributed by atoms with E-state index in [1.54, 1.807) is 0 Å². The molecule has 0 aromatic rings. The van der Waals surface area contributed by atoms with Gasteiger partial charge in [-0.05, 0) is 19.4 Å². The summed E-state index contributed by atoms with van der Waals surface area (Å²) >= 11 is 0. The predicted octanol–water partition coefficient (Wildman–Crippen LogP) is -0.545. The Kier molecular flexibility index (Phi) is 3.85. The molecule has 5 nitrogen and oxygen atoms in total. The van der Waals surface area contributed by atoms with Gasteiger partial charge in [0.05, 0.1) is 0 Å². The Morgan fingerprint density at radius 3 is 2.85 bits per heavy atom. The van der Waals surface area contributed by atoms with Crippen molar-refractivity contribution >= 4 is 11.9 Å². The summed E-state index contributed by atoms with van der Waals surface area (Å²) in [5.74, 6) is -1.14. The molecule has 1 N–H and O–H groups in total. The van der Waals surface area contributed by atoms with Crippen molar-refractivity contribution < 1.29 is 19.1 Å². The first-order valence-electron chi connectivity index (χ1n) is 4.21. The van der Waals surface area contributed by atoms with E-state index in [0.29, 0.717) is 0 Å². The van der Waals surface area contributed by atoms with Crippen LogP contribution in [0.2, 0.25) is 0 Å². The van der Waals surface area contributed by atoms with Crippen LogP contribution in [0.4, 0.5) is 0 Å². The highest BCUT2D eigenvalue weighted by molar-refractivity contribution is 5.89. The zero-order chi connectivity index (χ0) is 9.68. The molecule has 0 bridgehead atoms. The zero-order valence-electron chi connectivity index (χ0n) is 7.54. The van der Waals surface area contributed by atoms with Gasteiger partial charge >= 0.3 is 11.9 Å². The van der Waals surface area contributed by atoms with Crippen molar-refractivity contribution in [2.75, 3.05) is 20.3 Å². The fraction of sp³-hybridized carbons (Fsp3) is 0.750. The summed E-state index contributed by atoms with van der Waals surface area (Å²) in [6.45, 7) is 0.622. The maximum absolute atomic E-state index is 11.2. The van der Waals surface area contributed by atoms with Crippen LogP contribution in [0.5, 0.6) is 0 Å². The van der Waals surface area contributed by atoms with Crippen LogP contribution in [0.1, 0.15) is 12.8 Å². The molecule has 0 radical (unpaired) electrons. The molecule has 13 heavy (non-hydrogen) atoms. The quantitative estimate of drug-likeness (QED) is 0.474. The zero-order valence-corrected chi connectivity index (χ0v) is 7.54. The van der Waals surface area contributed by atoms with E-state index in [1.807, 2.05) is 0 Å². The smallest absolute Gasteiger partial charge is 0.339 e. The van der Waals surface area contributed by atoms with Gasteiger partial charge in [0.1, 0.15) is 12.6 Å². The van der Waals surface area contributed by atoms with E-state index < -0.39 is 11.9 Å². The van der Waals surface area contributed by atoms with Crippen molar-refractivity contribution in [3.63, 3.8) is 0 Å². The van der Waals surface area contributed by atoms with E-state index >= 15 is 0 Å². The van der Waals surface area contributed by atoms with Gasteiger partial charge in [-0.1, -0.05) is 0 Å². The third-order valence-corrected chi connectivity index (χ3v) is 1.82. The maximum Gasteiger partial charge on any atom is 0.339 e. The molecule has 0 aromatic carbocycles. The van der Waals surface area contributed by atoms with Crippen LogP contribution in [-0.2, 0) is 19.1 Å². The van der Waals surface area contributed by atoms with E-state index in [1.165, 1.54) is 7.11 Å². The van der Waals surface area contributed by atoms with E-state index in [2.05, 4.69) is 14.8 Å². The Bertz CT molecular complexity index is 198. The van der Waals surface area contributed by atoms with Crippen molar-refractivity contribution in [1.29, 1.82) is 0 Å². The Hall–Kier alpha value is -0.940. The Morgan fingerprint density at radius 2 is 2.31 bits per heavy atom.